The van der Waals surface area contributed by atoms with Crippen LogP contribution in [0.25, 0.3) is 11.3 Å². The van der Waals surface area contributed by atoms with Gasteiger partial charge in [-0.25, -0.2) is 13.5 Å². The van der Waals surface area contributed by atoms with Gasteiger partial charge in [-0.15, -0.1) is 0 Å². The molecule has 7 heteroatoms. The molecule has 1 amide bonds. The van der Waals surface area contributed by atoms with E-state index in [1.54, 1.807) is 6.07 Å². The van der Waals surface area contributed by atoms with E-state index < -0.39 is 11.6 Å². The summed E-state index contributed by atoms with van der Waals surface area (Å²) in [6, 6.07) is 14.0. The van der Waals surface area contributed by atoms with Gasteiger partial charge in [0.2, 0.25) is 5.91 Å². The maximum atomic E-state index is 13.6. The predicted octanol–water partition coefficient (Wildman–Crippen LogP) is 3.20. The second-order valence-corrected chi connectivity index (χ2v) is 6.41. The Kier molecular flexibility index (Phi) is 5.93. The molecule has 0 aliphatic rings. The van der Waals surface area contributed by atoms with Gasteiger partial charge in [-0.1, -0.05) is 35.9 Å². The number of aromatic nitrogens is 2. The largest absolute Gasteiger partial charge is 0.352 e. The lowest BCUT2D eigenvalue weighted by Crippen LogP contribution is -2.28. The van der Waals surface area contributed by atoms with Crippen molar-refractivity contribution < 1.29 is 13.6 Å². The Hall–Kier alpha value is -3.35. The van der Waals surface area contributed by atoms with Crippen LogP contribution in [0.1, 0.15) is 17.5 Å². The lowest BCUT2D eigenvalue weighted by molar-refractivity contribution is -0.121. The van der Waals surface area contributed by atoms with Crippen molar-refractivity contribution in [1.82, 2.24) is 15.1 Å². The van der Waals surface area contributed by atoms with Crippen LogP contribution in [0.3, 0.4) is 0 Å². The number of hydrogen-bond acceptors (Lipinski definition) is 3. The van der Waals surface area contributed by atoms with Gasteiger partial charge in [-0.2, -0.15) is 5.10 Å². The third-order valence-corrected chi connectivity index (χ3v) is 4.26. The number of amides is 1. The summed E-state index contributed by atoms with van der Waals surface area (Å²) in [5.41, 5.74) is 2.50. The van der Waals surface area contributed by atoms with Gasteiger partial charge in [0.25, 0.3) is 5.56 Å². The molecule has 0 atom stereocenters. The molecule has 0 spiro atoms. The molecule has 0 aliphatic heterocycles. The van der Waals surface area contributed by atoms with Crippen LogP contribution in [0, 0.1) is 18.6 Å². The SMILES string of the molecule is Cc1ccc(-c2ccc(=O)n(CCC(=O)NCc3ccc(F)cc3F)n2)cc1. The van der Waals surface area contributed by atoms with Gasteiger partial charge in [0.1, 0.15) is 11.6 Å². The van der Waals surface area contributed by atoms with E-state index in [1.807, 2.05) is 31.2 Å². The minimum absolute atomic E-state index is 0.00702. The number of nitrogens with one attached hydrogen (secondary N) is 1. The molecule has 0 saturated heterocycles. The topological polar surface area (TPSA) is 64.0 Å². The van der Waals surface area contributed by atoms with Crippen molar-refractivity contribution >= 4 is 5.91 Å². The van der Waals surface area contributed by atoms with Gasteiger partial charge in [-0.05, 0) is 19.1 Å². The summed E-state index contributed by atoms with van der Waals surface area (Å²) in [5.74, 6) is -1.76. The van der Waals surface area contributed by atoms with Gasteiger partial charge in [0, 0.05) is 36.2 Å². The molecule has 2 aromatic carbocycles. The Morgan fingerprint density at radius 1 is 1.07 bits per heavy atom. The van der Waals surface area contributed by atoms with Gasteiger partial charge in [0.15, 0.2) is 0 Å². The first-order chi connectivity index (χ1) is 13.4. The fraction of sp³-hybridized carbons (Fsp3) is 0.190. The molecule has 5 nitrogen and oxygen atoms in total. The van der Waals surface area contributed by atoms with E-state index in [4.69, 9.17) is 0 Å². The first-order valence-corrected chi connectivity index (χ1v) is 8.78. The standard InChI is InChI=1S/C21H19F2N3O2/c1-14-2-4-15(5-3-14)19-8-9-21(28)26(25-19)11-10-20(27)24-13-16-6-7-17(22)12-18(16)23/h2-9,12H,10-11,13H2,1H3,(H,24,27). The average Bonchev–Trinajstić information content (AvgIpc) is 2.67. The van der Waals surface area contributed by atoms with E-state index in [2.05, 4.69) is 10.4 Å². The lowest BCUT2D eigenvalue weighted by atomic mass is 10.1. The van der Waals surface area contributed by atoms with Crippen molar-refractivity contribution in [3.63, 3.8) is 0 Å². The Bertz CT molecular complexity index is 1050. The molecule has 1 aromatic heterocycles. The van der Waals surface area contributed by atoms with E-state index in [-0.39, 0.29) is 36.5 Å². The molecular weight excluding hydrogens is 364 g/mol. The normalized spacial score (nSPS) is 10.7. The summed E-state index contributed by atoms with van der Waals surface area (Å²) in [6.07, 6.45) is 0.00702. The summed E-state index contributed by atoms with van der Waals surface area (Å²) >= 11 is 0. The van der Waals surface area contributed by atoms with Crippen LogP contribution in [-0.4, -0.2) is 15.7 Å². The first-order valence-electron chi connectivity index (χ1n) is 8.78. The molecule has 0 fully saturated rings. The molecule has 0 aliphatic carbocycles. The van der Waals surface area contributed by atoms with Crippen LogP contribution < -0.4 is 10.9 Å². The summed E-state index contributed by atoms with van der Waals surface area (Å²) in [6.45, 7) is 2.02. The highest BCUT2D eigenvalue weighted by Crippen LogP contribution is 2.16. The number of benzene rings is 2. The molecular formula is C21H19F2N3O2. The molecule has 1 heterocycles. The van der Waals surface area contributed by atoms with E-state index in [9.17, 15) is 18.4 Å². The highest BCUT2D eigenvalue weighted by molar-refractivity contribution is 5.75. The van der Waals surface area contributed by atoms with Gasteiger partial charge < -0.3 is 5.32 Å². The van der Waals surface area contributed by atoms with Crippen molar-refractivity contribution in [2.24, 2.45) is 0 Å². The van der Waals surface area contributed by atoms with Crippen molar-refractivity contribution in [2.45, 2.75) is 26.4 Å². The molecule has 144 valence electrons. The molecule has 0 bridgehead atoms. The third kappa shape index (κ3) is 4.88. The second-order valence-electron chi connectivity index (χ2n) is 6.41. The lowest BCUT2D eigenvalue weighted by Gasteiger charge is -2.09. The van der Waals surface area contributed by atoms with Crippen molar-refractivity contribution in [3.8, 4) is 11.3 Å². The Labute approximate surface area is 160 Å². The smallest absolute Gasteiger partial charge is 0.266 e. The Morgan fingerprint density at radius 2 is 1.82 bits per heavy atom. The van der Waals surface area contributed by atoms with Crippen LogP contribution in [-0.2, 0) is 17.9 Å². The molecule has 0 radical (unpaired) electrons. The highest BCUT2D eigenvalue weighted by atomic mass is 19.1. The van der Waals surface area contributed by atoms with Gasteiger partial charge in [-0.3, -0.25) is 9.59 Å². The fourth-order valence-corrected chi connectivity index (χ4v) is 2.64. The second kappa shape index (κ2) is 8.56. The van der Waals surface area contributed by atoms with E-state index >= 15 is 0 Å². The molecule has 3 rings (SSSR count). The number of carbonyl (C=O) groups is 1. The fourth-order valence-electron chi connectivity index (χ4n) is 2.64. The number of hydrogen-bond donors (Lipinski definition) is 1. The predicted molar refractivity (Wildman–Crippen MR) is 101 cm³/mol. The van der Waals surface area contributed by atoms with Crippen LogP contribution in [0.2, 0.25) is 0 Å². The minimum atomic E-state index is -0.719. The van der Waals surface area contributed by atoms with E-state index in [0.29, 0.717) is 5.69 Å². The number of halogens is 2. The summed E-state index contributed by atoms with van der Waals surface area (Å²) < 4.78 is 27.7. The van der Waals surface area contributed by atoms with Crippen LogP contribution in [0.15, 0.2) is 59.4 Å². The maximum Gasteiger partial charge on any atom is 0.266 e. The van der Waals surface area contributed by atoms with Crippen molar-refractivity contribution in [2.75, 3.05) is 0 Å². The van der Waals surface area contributed by atoms with Crippen LogP contribution in [0.5, 0.6) is 0 Å². The molecule has 28 heavy (non-hydrogen) atoms. The van der Waals surface area contributed by atoms with Crippen molar-refractivity contribution in [3.05, 3.63) is 87.7 Å². The Balaban J connectivity index is 1.62. The van der Waals surface area contributed by atoms with Crippen LogP contribution in [0.4, 0.5) is 8.78 Å². The number of carbonyl (C=O) groups excluding carboxylic acids is 1. The number of aryl methyl sites for hydroxylation is 2. The first kappa shape index (κ1) is 19.4. The maximum absolute atomic E-state index is 13.6. The summed E-state index contributed by atoms with van der Waals surface area (Å²) in [7, 11) is 0. The average molecular weight is 383 g/mol. The zero-order valence-electron chi connectivity index (χ0n) is 15.3. The quantitative estimate of drug-likeness (QED) is 0.711. The summed E-state index contributed by atoms with van der Waals surface area (Å²) in [5, 5.41) is 6.87. The van der Waals surface area contributed by atoms with Gasteiger partial charge >= 0.3 is 0 Å². The monoisotopic (exact) mass is 383 g/mol. The Morgan fingerprint density at radius 3 is 2.54 bits per heavy atom. The molecule has 3 aromatic rings. The zero-order valence-corrected chi connectivity index (χ0v) is 15.3. The third-order valence-electron chi connectivity index (χ3n) is 4.26. The highest BCUT2D eigenvalue weighted by Gasteiger charge is 2.09. The van der Waals surface area contributed by atoms with E-state index in [0.717, 1.165) is 23.3 Å². The van der Waals surface area contributed by atoms with Crippen molar-refractivity contribution in [1.29, 1.82) is 0 Å². The zero-order chi connectivity index (χ0) is 20.1. The van der Waals surface area contributed by atoms with E-state index in [1.165, 1.54) is 16.8 Å². The van der Waals surface area contributed by atoms with Crippen LogP contribution >= 0.6 is 0 Å². The molecule has 0 unspecified atom stereocenters. The molecule has 1 N–H and O–H groups in total. The number of nitrogens with zero attached hydrogens (tertiary/aromatic N) is 2. The molecule has 0 saturated carbocycles. The number of rotatable bonds is 6. The minimum Gasteiger partial charge on any atom is -0.352 e. The van der Waals surface area contributed by atoms with Gasteiger partial charge in [0.05, 0.1) is 12.2 Å². The summed E-state index contributed by atoms with van der Waals surface area (Å²) in [4.78, 5) is 24.0.